The molecule has 0 aliphatic heterocycles. The second kappa shape index (κ2) is 3.02. The van der Waals surface area contributed by atoms with Crippen molar-refractivity contribution >= 4 is 39.5 Å². The Bertz CT molecular complexity index is 475. The summed E-state index contributed by atoms with van der Waals surface area (Å²) in [5, 5.41) is 11.4. The molecule has 0 radical (unpaired) electrons. The van der Waals surface area contributed by atoms with E-state index in [-0.39, 0.29) is 5.69 Å². The number of halogens is 1. The lowest BCUT2D eigenvalue weighted by atomic mass is 10.2. The number of aromatic nitrogens is 1. The summed E-state index contributed by atoms with van der Waals surface area (Å²) in [4.78, 5) is 13.3. The molecule has 0 aliphatic carbocycles. The first-order valence-corrected chi connectivity index (χ1v) is 4.74. The fraction of sp³-hybridized carbons (Fsp3) is 0. The molecule has 1 N–H and O–H groups in total. The Balaban J connectivity index is 2.68. The average molecular weight is 286 g/mol. The minimum Gasteiger partial charge on any atom is -0.543 e. The van der Waals surface area contributed by atoms with Gasteiger partial charge in [-0.1, -0.05) is 0 Å². The first-order chi connectivity index (χ1) is 6.16. The Kier molecular flexibility index (Phi) is 1.99. The maximum absolute atomic E-state index is 10.5. The monoisotopic (exact) mass is 286 g/mol. The second-order valence-corrected chi connectivity index (χ2v) is 3.95. The maximum atomic E-state index is 10.5. The van der Waals surface area contributed by atoms with Gasteiger partial charge in [0.15, 0.2) is 0 Å². The van der Waals surface area contributed by atoms with Gasteiger partial charge in [-0.25, -0.2) is 0 Å². The Morgan fingerprint density at radius 2 is 2.15 bits per heavy atom. The number of rotatable bonds is 1. The molecule has 13 heavy (non-hydrogen) atoms. The number of hydrogen-bond acceptors (Lipinski definition) is 2. The van der Waals surface area contributed by atoms with Crippen LogP contribution in [0.1, 0.15) is 10.5 Å². The molecule has 0 aliphatic rings. The topological polar surface area (TPSA) is 55.9 Å². The van der Waals surface area contributed by atoms with Crippen molar-refractivity contribution in [3.8, 4) is 0 Å². The summed E-state index contributed by atoms with van der Waals surface area (Å²) in [5.41, 5.74) is 0.941. The van der Waals surface area contributed by atoms with Crippen LogP contribution in [0.25, 0.3) is 10.9 Å². The summed E-state index contributed by atoms with van der Waals surface area (Å²) >= 11 is 2.18. The molecule has 4 heteroatoms. The van der Waals surface area contributed by atoms with E-state index in [4.69, 9.17) is 0 Å². The fourth-order valence-corrected chi connectivity index (χ4v) is 1.73. The molecule has 2 aromatic rings. The zero-order valence-electron chi connectivity index (χ0n) is 6.50. The molecule has 1 aromatic carbocycles. The van der Waals surface area contributed by atoms with Gasteiger partial charge in [0, 0.05) is 14.5 Å². The first-order valence-electron chi connectivity index (χ1n) is 3.66. The Morgan fingerprint density at radius 3 is 2.85 bits per heavy atom. The van der Waals surface area contributed by atoms with Crippen molar-refractivity contribution in [1.29, 1.82) is 0 Å². The normalized spacial score (nSPS) is 10.5. The van der Waals surface area contributed by atoms with E-state index in [1.807, 2.05) is 18.2 Å². The maximum Gasteiger partial charge on any atom is 0.0878 e. The number of carboxylic acid groups (broad SMARTS) is 1. The Labute approximate surface area is 87.9 Å². The van der Waals surface area contributed by atoms with E-state index in [1.54, 1.807) is 6.07 Å². The van der Waals surface area contributed by atoms with E-state index in [2.05, 4.69) is 27.6 Å². The number of aromatic amines is 1. The highest BCUT2D eigenvalue weighted by molar-refractivity contribution is 14.1. The van der Waals surface area contributed by atoms with Gasteiger partial charge < -0.3 is 14.9 Å². The lowest BCUT2D eigenvalue weighted by Gasteiger charge is -1.93. The van der Waals surface area contributed by atoms with Crippen molar-refractivity contribution in [2.24, 2.45) is 0 Å². The van der Waals surface area contributed by atoms with Crippen molar-refractivity contribution in [3.05, 3.63) is 33.5 Å². The third-order valence-corrected chi connectivity index (χ3v) is 2.47. The molecule has 2 rings (SSSR count). The molecule has 0 amide bonds. The van der Waals surface area contributed by atoms with Crippen LogP contribution in [0.2, 0.25) is 0 Å². The number of nitrogens with one attached hydrogen (secondary N) is 1. The molecule has 0 fully saturated rings. The highest BCUT2D eigenvalue weighted by Gasteiger charge is 2.00. The largest absolute Gasteiger partial charge is 0.543 e. The Morgan fingerprint density at radius 1 is 1.38 bits per heavy atom. The van der Waals surface area contributed by atoms with Crippen LogP contribution < -0.4 is 5.11 Å². The number of carbonyl (C=O) groups is 1. The van der Waals surface area contributed by atoms with E-state index >= 15 is 0 Å². The predicted molar refractivity (Wildman–Crippen MR) is 55.3 cm³/mol. The fourth-order valence-electron chi connectivity index (χ4n) is 1.21. The van der Waals surface area contributed by atoms with E-state index in [9.17, 15) is 9.90 Å². The van der Waals surface area contributed by atoms with Gasteiger partial charge in [0.1, 0.15) is 0 Å². The zero-order valence-corrected chi connectivity index (χ0v) is 8.66. The highest BCUT2D eigenvalue weighted by atomic mass is 127. The van der Waals surface area contributed by atoms with Crippen LogP contribution in [-0.2, 0) is 0 Å². The van der Waals surface area contributed by atoms with E-state index in [0.29, 0.717) is 0 Å². The molecule has 1 aromatic heterocycles. The number of fused-ring (bicyclic) bond motifs is 1. The average Bonchev–Trinajstić information content (AvgIpc) is 2.46. The van der Waals surface area contributed by atoms with Crippen molar-refractivity contribution < 1.29 is 9.90 Å². The number of carboxylic acids is 1. The predicted octanol–water partition coefficient (Wildman–Crippen LogP) is 1.14. The SMILES string of the molecule is O=C([O-])c1cc2cc(I)ccc2[nH]1. The minimum absolute atomic E-state index is 0.122. The molecule has 0 unspecified atom stereocenters. The third kappa shape index (κ3) is 1.53. The van der Waals surface area contributed by atoms with Crippen LogP contribution in [-0.4, -0.2) is 11.0 Å². The van der Waals surface area contributed by atoms with Crippen molar-refractivity contribution in [3.63, 3.8) is 0 Å². The summed E-state index contributed by atoms with van der Waals surface area (Å²) in [6.45, 7) is 0. The van der Waals surface area contributed by atoms with Crippen molar-refractivity contribution in [2.75, 3.05) is 0 Å². The van der Waals surface area contributed by atoms with E-state index < -0.39 is 5.97 Å². The zero-order chi connectivity index (χ0) is 9.42. The first kappa shape index (κ1) is 8.55. The molecule has 3 nitrogen and oxygen atoms in total. The summed E-state index contributed by atoms with van der Waals surface area (Å²) in [6.07, 6.45) is 0. The summed E-state index contributed by atoms with van der Waals surface area (Å²) < 4.78 is 1.08. The quantitative estimate of drug-likeness (QED) is 0.799. The Hall–Kier alpha value is -1.04. The van der Waals surface area contributed by atoms with Crippen LogP contribution in [0, 0.1) is 3.57 Å². The molecule has 0 saturated carbocycles. The number of aromatic carboxylic acids is 1. The standard InChI is InChI=1S/C9H6INO2/c10-6-1-2-7-5(3-6)4-8(11-7)9(12)13/h1-4,11H,(H,12,13)/p-1. The lowest BCUT2D eigenvalue weighted by molar-refractivity contribution is -0.255. The van der Waals surface area contributed by atoms with E-state index in [1.165, 1.54) is 0 Å². The number of benzene rings is 1. The molecule has 0 atom stereocenters. The molecule has 0 saturated heterocycles. The van der Waals surface area contributed by atoms with Crippen LogP contribution >= 0.6 is 22.6 Å². The number of H-pyrrole nitrogens is 1. The van der Waals surface area contributed by atoms with Crippen LogP contribution in [0.15, 0.2) is 24.3 Å². The minimum atomic E-state index is -1.17. The smallest absolute Gasteiger partial charge is 0.0878 e. The van der Waals surface area contributed by atoms with Gasteiger partial charge in [0.2, 0.25) is 0 Å². The van der Waals surface area contributed by atoms with Gasteiger partial charge in [-0.15, -0.1) is 0 Å². The van der Waals surface area contributed by atoms with Crippen molar-refractivity contribution in [2.45, 2.75) is 0 Å². The molecule has 1 heterocycles. The summed E-state index contributed by atoms with van der Waals surface area (Å²) in [7, 11) is 0. The summed E-state index contributed by atoms with van der Waals surface area (Å²) in [5.74, 6) is -1.17. The number of carbonyl (C=O) groups excluding carboxylic acids is 1. The van der Waals surface area contributed by atoms with Crippen LogP contribution in [0.3, 0.4) is 0 Å². The third-order valence-electron chi connectivity index (χ3n) is 1.80. The molecular formula is C9H5INO2-. The van der Waals surface area contributed by atoms with Gasteiger partial charge in [0.25, 0.3) is 0 Å². The second-order valence-electron chi connectivity index (χ2n) is 2.70. The van der Waals surface area contributed by atoms with Gasteiger partial charge >= 0.3 is 0 Å². The highest BCUT2D eigenvalue weighted by Crippen LogP contribution is 2.17. The number of hydrogen-bond donors (Lipinski definition) is 1. The van der Waals surface area contributed by atoms with Gasteiger partial charge in [-0.3, -0.25) is 0 Å². The van der Waals surface area contributed by atoms with Crippen molar-refractivity contribution in [1.82, 2.24) is 4.98 Å². The molecular weight excluding hydrogens is 281 g/mol. The van der Waals surface area contributed by atoms with E-state index in [0.717, 1.165) is 14.5 Å². The molecule has 0 spiro atoms. The van der Waals surface area contributed by atoms with Gasteiger partial charge in [-0.2, -0.15) is 0 Å². The lowest BCUT2D eigenvalue weighted by Crippen LogP contribution is -2.22. The van der Waals surface area contributed by atoms with Gasteiger partial charge in [0.05, 0.1) is 11.7 Å². The van der Waals surface area contributed by atoms with Crippen LogP contribution in [0.5, 0.6) is 0 Å². The summed E-state index contributed by atoms with van der Waals surface area (Å²) in [6, 6.07) is 7.26. The molecule has 66 valence electrons. The van der Waals surface area contributed by atoms with Gasteiger partial charge in [-0.05, 0) is 46.9 Å². The molecule has 0 bridgehead atoms. The van der Waals surface area contributed by atoms with Crippen LogP contribution in [0.4, 0.5) is 0 Å².